The average Bonchev–Trinajstić information content (AvgIpc) is 3.43. The number of nitrogens with zero attached hydrogens (tertiary/aromatic N) is 1. The normalized spacial score (nSPS) is 22.8. The standard InChI is InChI=1S/C30H34N2O6/c1-3-15-37-24-8-5-21(6-9-24)27-26(28(33)22-7-10-25-23(19-22)18-20(2)38-25)29(34)30(35)32(27)12-4-11-31-13-16-36-17-14-31/h3,5-10,19-20,27,33H,1,4,11-18H2,2H3/p+1/t20-,27-/m1/s1. The third-order valence-corrected chi connectivity index (χ3v) is 7.40. The van der Waals surface area contributed by atoms with E-state index in [1.165, 1.54) is 4.90 Å². The van der Waals surface area contributed by atoms with Gasteiger partial charge >= 0.3 is 0 Å². The van der Waals surface area contributed by atoms with Crippen LogP contribution in [0.1, 0.15) is 36.1 Å². The van der Waals surface area contributed by atoms with E-state index in [4.69, 9.17) is 14.2 Å². The van der Waals surface area contributed by atoms with Crippen molar-refractivity contribution in [3.63, 3.8) is 0 Å². The molecule has 2 N–H and O–H groups in total. The quantitative estimate of drug-likeness (QED) is 0.229. The van der Waals surface area contributed by atoms with Gasteiger partial charge in [0.2, 0.25) is 0 Å². The molecule has 2 aromatic rings. The Kier molecular flexibility index (Phi) is 7.81. The third-order valence-electron chi connectivity index (χ3n) is 7.40. The smallest absolute Gasteiger partial charge is 0.295 e. The van der Waals surface area contributed by atoms with Gasteiger partial charge in [-0.3, -0.25) is 9.59 Å². The zero-order valence-electron chi connectivity index (χ0n) is 21.8. The van der Waals surface area contributed by atoms with Crippen molar-refractivity contribution in [3.8, 4) is 11.5 Å². The number of aliphatic hydroxyl groups is 1. The number of ketones is 1. The van der Waals surface area contributed by atoms with Crippen LogP contribution in [0, 0.1) is 0 Å². The van der Waals surface area contributed by atoms with Gasteiger partial charge < -0.3 is 29.1 Å². The van der Waals surface area contributed by atoms with Crippen molar-refractivity contribution in [2.45, 2.75) is 31.9 Å². The molecule has 0 bridgehead atoms. The first-order valence-electron chi connectivity index (χ1n) is 13.3. The van der Waals surface area contributed by atoms with E-state index >= 15 is 0 Å². The molecule has 2 aromatic carbocycles. The summed E-state index contributed by atoms with van der Waals surface area (Å²) >= 11 is 0. The molecule has 3 heterocycles. The van der Waals surface area contributed by atoms with Gasteiger partial charge in [0.15, 0.2) is 0 Å². The van der Waals surface area contributed by atoms with Gasteiger partial charge in [0.25, 0.3) is 11.7 Å². The molecule has 2 atom stereocenters. The van der Waals surface area contributed by atoms with Crippen LogP contribution in [-0.2, 0) is 20.7 Å². The number of nitrogens with one attached hydrogen (secondary N) is 1. The first kappa shape index (κ1) is 26.0. The van der Waals surface area contributed by atoms with Crippen LogP contribution in [-0.4, -0.2) is 73.8 Å². The molecule has 0 aromatic heterocycles. The second-order valence-electron chi connectivity index (χ2n) is 10.1. The zero-order chi connectivity index (χ0) is 26.6. The van der Waals surface area contributed by atoms with Crippen molar-refractivity contribution >= 4 is 17.4 Å². The van der Waals surface area contributed by atoms with Crippen LogP contribution < -0.4 is 14.4 Å². The predicted octanol–water partition coefficient (Wildman–Crippen LogP) is 2.30. The molecule has 0 radical (unpaired) electrons. The average molecular weight is 520 g/mol. The topological polar surface area (TPSA) is 89.7 Å². The van der Waals surface area contributed by atoms with E-state index in [0.29, 0.717) is 24.5 Å². The third kappa shape index (κ3) is 5.33. The van der Waals surface area contributed by atoms with E-state index in [2.05, 4.69) is 6.58 Å². The Morgan fingerprint density at radius 1 is 1.18 bits per heavy atom. The Hall–Kier alpha value is -3.62. The highest BCUT2D eigenvalue weighted by Crippen LogP contribution is 2.41. The van der Waals surface area contributed by atoms with Crippen molar-refractivity contribution < 1.29 is 33.8 Å². The molecule has 38 heavy (non-hydrogen) atoms. The highest BCUT2D eigenvalue weighted by atomic mass is 16.5. The number of benzene rings is 2. The number of likely N-dealkylation sites (tertiary alicyclic amines) is 1. The number of aliphatic hydroxyl groups excluding tert-OH is 1. The Labute approximate surface area is 223 Å². The van der Waals surface area contributed by atoms with Crippen LogP contribution in [0.5, 0.6) is 11.5 Å². The largest absolute Gasteiger partial charge is 0.507 e. The number of Topliss-reactive ketones (excluding diaryl/α,β-unsaturated/α-hetero) is 1. The number of quaternary nitrogens is 1. The molecular weight excluding hydrogens is 484 g/mol. The maximum Gasteiger partial charge on any atom is 0.295 e. The highest BCUT2D eigenvalue weighted by Gasteiger charge is 2.46. The van der Waals surface area contributed by atoms with Crippen LogP contribution in [0.2, 0.25) is 0 Å². The molecule has 0 saturated carbocycles. The van der Waals surface area contributed by atoms with Gasteiger partial charge in [-0.15, -0.1) is 0 Å². The number of morpholine rings is 1. The van der Waals surface area contributed by atoms with E-state index in [9.17, 15) is 14.7 Å². The number of amides is 1. The minimum Gasteiger partial charge on any atom is -0.507 e. The second-order valence-corrected chi connectivity index (χ2v) is 10.1. The SMILES string of the molecule is C=CCOc1ccc([C@@H]2C(=C(O)c3ccc4c(c3)C[C@@H](C)O4)C(=O)C(=O)N2CCC[NH+]2CCOCC2)cc1. The summed E-state index contributed by atoms with van der Waals surface area (Å²) in [6, 6.07) is 12.0. The number of hydrogen-bond acceptors (Lipinski definition) is 6. The van der Waals surface area contributed by atoms with Crippen molar-refractivity contribution in [1.82, 2.24) is 4.90 Å². The molecule has 5 rings (SSSR count). The van der Waals surface area contributed by atoms with Gasteiger partial charge in [0.1, 0.15) is 43.1 Å². The van der Waals surface area contributed by atoms with Gasteiger partial charge in [-0.25, -0.2) is 0 Å². The minimum atomic E-state index is -0.688. The summed E-state index contributed by atoms with van der Waals surface area (Å²) in [7, 11) is 0. The lowest BCUT2D eigenvalue weighted by Gasteiger charge is -2.27. The lowest BCUT2D eigenvalue weighted by atomic mass is 9.94. The molecule has 8 heteroatoms. The van der Waals surface area contributed by atoms with Crippen molar-refractivity contribution in [3.05, 3.63) is 77.4 Å². The lowest BCUT2D eigenvalue weighted by Crippen LogP contribution is -3.14. The molecule has 1 amide bonds. The van der Waals surface area contributed by atoms with E-state index < -0.39 is 17.7 Å². The van der Waals surface area contributed by atoms with Crippen molar-refractivity contribution in [2.24, 2.45) is 0 Å². The fourth-order valence-electron chi connectivity index (χ4n) is 5.49. The summed E-state index contributed by atoms with van der Waals surface area (Å²) in [5.74, 6) is 0.0342. The number of hydrogen-bond donors (Lipinski definition) is 2. The van der Waals surface area contributed by atoms with E-state index in [-0.39, 0.29) is 17.4 Å². The summed E-state index contributed by atoms with van der Waals surface area (Å²) in [6.07, 6.45) is 3.20. The zero-order valence-corrected chi connectivity index (χ0v) is 21.8. The monoisotopic (exact) mass is 519 g/mol. The maximum absolute atomic E-state index is 13.4. The fourth-order valence-corrected chi connectivity index (χ4v) is 5.49. The molecule has 0 aliphatic carbocycles. The van der Waals surface area contributed by atoms with Crippen LogP contribution in [0.3, 0.4) is 0 Å². The molecule has 8 nitrogen and oxygen atoms in total. The maximum atomic E-state index is 13.4. The molecular formula is C30H35N2O6+. The molecule has 3 aliphatic rings. The van der Waals surface area contributed by atoms with Crippen LogP contribution in [0.4, 0.5) is 0 Å². The van der Waals surface area contributed by atoms with Gasteiger partial charge in [-0.05, 0) is 48.4 Å². The number of rotatable bonds is 9. The van der Waals surface area contributed by atoms with Crippen molar-refractivity contribution in [2.75, 3.05) is 46.0 Å². The predicted molar refractivity (Wildman–Crippen MR) is 142 cm³/mol. The summed E-state index contributed by atoms with van der Waals surface area (Å²) in [5.41, 5.74) is 2.34. The molecule has 2 saturated heterocycles. The van der Waals surface area contributed by atoms with Crippen LogP contribution >= 0.6 is 0 Å². The van der Waals surface area contributed by atoms with Crippen molar-refractivity contribution in [1.29, 1.82) is 0 Å². The van der Waals surface area contributed by atoms with Gasteiger partial charge in [-0.1, -0.05) is 24.8 Å². The summed E-state index contributed by atoms with van der Waals surface area (Å²) in [5, 5.41) is 11.4. The molecule has 0 unspecified atom stereocenters. The summed E-state index contributed by atoms with van der Waals surface area (Å²) in [6.45, 7) is 10.7. The van der Waals surface area contributed by atoms with Crippen LogP contribution in [0.15, 0.2) is 60.7 Å². The van der Waals surface area contributed by atoms with E-state index in [1.54, 1.807) is 17.0 Å². The molecule has 2 fully saturated rings. The van der Waals surface area contributed by atoms with E-state index in [1.807, 2.05) is 43.3 Å². The summed E-state index contributed by atoms with van der Waals surface area (Å²) < 4.78 is 16.9. The van der Waals surface area contributed by atoms with Gasteiger partial charge in [-0.2, -0.15) is 0 Å². The van der Waals surface area contributed by atoms with Gasteiger partial charge in [0, 0.05) is 24.9 Å². The fraction of sp³-hybridized carbons (Fsp3) is 0.400. The molecule has 200 valence electrons. The number of ether oxygens (including phenoxy) is 3. The highest BCUT2D eigenvalue weighted by molar-refractivity contribution is 6.46. The summed E-state index contributed by atoms with van der Waals surface area (Å²) in [4.78, 5) is 29.7. The van der Waals surface area contributed by atoms with Crippen LogP contribution in [0.25, 0.3) is 5.76 Å². The Balaban J connectivity index is 1.47. The molecule has 3 aliphatic heterocycles. The second kappa shape index (κ2) is 11.4. The van der Waals surface area contributed by atoms with E-state index in [0.717, 1.165) is 62.6 Å². The Bertz CT molecular complexity index is 1230. The Morgan fingerprint density at radius 3 is 2.68 bits per heavy atom. The lowest BCUT2D eigenvalue weighted by molar-refractivity contribution is -0.908. The first-order chi connectivity index (χ1) is 18.5. The number of fused-ring (bicyclic) bond motifs is 1. The minimum absolute atomic E-state index is 0.0587. The molecule has 0 spiro atoms. The first-order valence-corrected chi connectivity index (χ1v) is 13.3. The number of carbonyl (C=O) groups is 2. The number of carbonyl (C=O) groups excluding carboxylic acids is 2. The van der Waals surface area contributed by atoms with Gasteiger partial charge in [0.05, 0.1) is 31.4 Å². The Morgan fingerprint density at radius 2 is 1.95 bits per heavy atom.